The highest BCUT2D eigenvalue weighted by Crippen LogP contribution is 2.45. The summed E-state index contributed by atoms with van der Waals surface area (Å²) in [5.74, 6) is -1.42. The normalized spacial score (nSPS) is 14.1. The number of carbonyl (C=O) groups is 4. The van der Waals surface area contributed by atoms with E-state index < -0.39 is 97.5 Å². The van der Waals surface area contributed by atoms with Crippen LogP contribution in [0.4, 0.5) is 0 Å². The first-order valence-corrected chi connectivity index (χ1v) is 38.6. The van der Waals surface area contributed by atoms with Crippen molar-refractivity contribution in [3.8, 4) is 0 Å². The minimum Gasteiger partial charge on any atom is -0.462 e. The van der Waals surface area contributed by atoms with Crippen LogP contribution in [0.15, 0.2) is 0 Å². The van der Waals surface area contributed by atoms with Crippen LogP contribution in [-0.2, 0) is 65.4 Å². The molecule has 19 heteroatoms. The molecule has 0 aromatic rings. The number of carbonyl (C=O) groups excluding carboxylic acids is 4. The minimum atomic E-state index is -4.95. The third-order valence-electron chi connectivity index (χ3n) is 15.8. The van der Waals surface area contributed by atoms with Crippen molar-refractivity contribution in [3.63, 3.8) is 0 Å². The molecule has 0 rings (SSSR count). The van der Waals surface area contributed by atoms with Gasteiger partial charge in [0.1, 0.15) is 19.3 Å². The molecule has 0 aromatic heterocycles. The molecule has 0 aliphatic heterocycles. The van der Waals surface area contributed by atoms with E-state index in [4.69, 9.17) is 37.0 Å². The van der Waals surface area contributed by atoms with Gasteiger partial charge in [-0.15, -0.1) is 0 Å². The van der Waals surface area contributed by atoms with Gasteiger partial charge >= 0.3 is 39.5 Å². The quantitative estimate of drug-likeness (QED) is 0.0222. The van der Waals surface area contributed by atoms with E-state index in [1.165, 1.54) is 167 Å². The van der Waals surface area contributed by atoms with Gasteiger partial charge in [-0.1, -0.05) is 298 Å². The van der Waals surface area contributed by atoms with E-state index in [0.717, 1.165) is 96.3 Å². The Morgan fingerprint density at radius 1 is 0.310 bits per heavy atom. The summed E-state index contributed by atoms with van der Waals surface area (Å²) in [7, 11) is -9.89. The molecule has 0 saturated heterocycles. The molecule has 0 spiro atoms. The summed E-state index contributed by atoms with van der Waals surface area (Å²) in [6.07, 6.45) is 47.1. The number of aliphatic hydroxyl groups is 1. The average Bonchev–Trinajstić information content (AvgIpc) is 3.65. The molecular weight excluding hydrogens is 1150 g/mol. The third kappa shape index (κ3) is 62.6. The molecule has 2 unspecified atom stereocenters. The lowest BCUT2D eigenvalue weighted by atomic mass is 10.0. The fraction of sp³-hybridized carbons (Fsp3) is 0.941. The Morgan fingerprint density at radius 3 is 0.782 bits per heavy atom. The Hall–Kier alpha value is -1.94. The number of rotatable bonds is 68. The Bertz CT molecular complexity index is 1690. The maximum absolute atomic E-state index is 13.0. The summed E-state index contributed by atoms with van der Waals surface area (Å²) in [5.41, 5.74) is 0. The largest absolute Gasteiger partial charge is 0.472 e. The molecule has 0 aliphatic carbocycles. The Kier molecular flexibility index (Phi) is 60.2. The van der Waals surface area contributed by atoms with Gasteiger partial charge in [-0.3, -0.25) is 37.3 Å². The van der Waals surface area contributed by atoms with Crippen LogP contribution < -0.4 is 0 Å². The summed E-state index contributed by atoms with van der Waals surface area (Å²) in [4.78, 5) is 72.4. The van der Waals surface area contributed by atoms with Crippen molar-refractivity contribution in [2.75, 3.05) is 39.6 Å². The van der Waals surface area contributed by atoms with Crippen molar-refractivity contribution in [3.05, 3.63) is 0 Å². The van der Waals surface area contributed by atoms with Crippen molar-refractivity contribution in [2.45, 2.75) is 368 Å². The number of aliphatic hydroxyl groups excluding tert-OH is 1. The summed E-state index contributed by atoms with van der Waals surface area (Å²) in [6.45, 7) is 7.17. The molecule has 0 radical (unpaired) electrons. The number of unbranched alkanes of at least 4 members (excludes halogenated alkanes) is 40. The number of esters is 4. The fourth-order valence-corrected chi connectivity index (χ4v) is 11.9. The van der Waals surface area contributed by atoms with Crippen LogP contribution in [0.2, 0.25) is 0 Å². The second kappa shape index (κ2) is 61.6. The lowest BCUT2D eigenvalue weighted by Crippen LogP contribution is -2.30. The monoisotopic (exact) mass is 1280 g/mol. The van der Waals surface area contributed by atoms with Crippen LogP contribution in [0.3, 0.4) is 0 Å². The SMILES string of the molecule is CCCCCCCCCCCCCCCCCC(=O)O[C@H](COC(=O)CCCCCCCCCCCCC)COP(=O)(O)OC[C@@H](O)COP(=O)(O)OC[C@@H](COC(=O)CCCCCCCCCC(C)C)OC(=O)CCCCCCCCCCCCC. The molecule has 0 aromatic carbocycles. The number of hydrogen-bond acceptors (Lipinski definition) is 15. The van der Waals surface area contributed by atoms with E-state index in [1.54, 1.807) is 0 Å². The molecule has 0 aliphatic rings. The van der Waals surface area contributed by atoms with E-state index in [1.807, 2.05) is 0 Å². The first-order valence-electron chi connectivity index (χ1n) is 35.6. The molecule has 87 heavy (non-hydrogen) atoms. The van der Waals surface area contributed by atoms with Gasteiger partial charge in [-0.2, -0.15) is 0 Å². The van der Waals surface area contributed by atoms with Crippen LogP contribution in [0.1, 0.15) is 349 Å². The molecule has 0 saturated carbocycles. The molecule has 0 fully saturated rings. The number of hydrogen-bond donors (Lipinski definition) is 3. The van der Waals surface area contributed by atoms with Crippen LogP contribution in [0, 0.1) is 5.92 Å². The van der Waals surface area contributed by atoms with Crippen molar-refractivity contribution in [2.24, 2.45) is 5.92 Å². The third-order valence-corrected chi connectivity index (χ3v) is 17.7. The summed E-state index contributed by atoms with van der Waals surface area (Å²) in [6, 6.07) is 0. The molecule has 5 atom stereocenters. The molecular formula is C68H132O17P2. The number of ether oxygens (including phenoxy) is 4. The smallest absolute Gasteiger partial charge is 0.462 e. The molecule has 0 amide bonds. The number of phosphoric ester groups is 2. The molecule has 0 heterocycles. The Balaban J connectivity index is 5.24. The first kappa shape index (κ1) is 85.1. The average molecular weight is 1280 g/mol. The van der Waals surface area contributed by atoms with Crippen molar-refractivity contribution in [1.82, 2.24) is 0 Å². The van der Waals surface area contributed by atoms with Crippen LogP contribution >= 0.6 is 15.6 Å². The van der Waals surface area contributed by atoms with Gasteiger partial charge in [0.05, 0.1) is 26.4 Å². The van der Waals surface area contributed by atoms with E-state index >= 15 is 0 Å². The summed E-state index contributed by atoms with van der Waals surface area (Å²) in [5, 5.41) is 10.6. The predicted octanol–water partition coefficient (Wildman–Crippen LogP) is 19.4. The van der Waals surface area contributed by atoms with Crippen LogP contribution in [-0.4, -0.2) is 96.7 Å². The van der Waals surface area contributed by atoms with Gasteiger partial charge in [0.2, 0.25) is 0 Å². The van der Waals surface area contributed by atoms with Gasteiger partial charge < -0.3 is 33.8 Å². The van der Waals surface area contributed by atoms with Crippen LogP contribution in [0.25, 0.3) is 0 Å². The molecule has 0 bridgehead atoms. The van der Waals surface area contributed by atoms with E-state index in [2.05, 4.69) is 34.6 Å². The van der Waals surface area contributed by atoms with Crippen LogP contribution in [0.5, 0.6) is 0 Å². The fourth-order valence-electron chi connectivity index (χ4n) is 10.3. The summed E-state index contributed by atoms with van der Waals surface area (Å²) < 4.78 is 68.2. The highest BCUT2D eigenvalue weighted by atomic mass is 31.2. The lowest BCUT2D eigenvalue weighted by Gasteiger charge is -2.21. The molecule has 17 nitrogen and oxygen atoms in total. The second-order valence-corrected chi connectivity index (χ2v) is 27.9. The van der Waals surface area contributed by atoms with Gasteiger partial charge in [-0.05, 0) is 31.6 Å². The van der Waals surface area contributed by atoms with E-state index in [0.29, 0.717) is 31.6 Å². The number of phosphoric acid groups is 2. The zero-order valence-corrected chi connectivity index (χ0v) is 57.9. The van der Waals surface area contributed by atoms with Crippen molar-refractivity contribution < 1.29 is 80.2 Å². The van der Waals surface area contributed by atoms with E-state index in [9.17, 15) is 43.2 Å². The zero-order chi connectivity index (χ0) is 64.2. The van der Waals surface area contributed by atoms with Crippen molar-refractivity contribution in [1.29, 1.82) is 0 Å². The highest BCUT2D eigenvalue weighted by molar-refractivity contribution is 7.47. The van der Waals surface area contributed by atoms with E-state index in [-0.39, 0.29) is 25.7 Å². The van der Waals surface area contributed by atoms with Crippen molar-refractivity contribution >= 4 is 39.5 Å². The standard InChI is InChI=1S/C68H132O17P2/c1-6-9-12-15-18-21-24-25-26-27-30-33-38-44-49-54-68(73)84-63(57-78-65(70)51-46-41-36-31-28-22-19-16-13-10-7-2)59-82-86(74,75)80-55-62(69)56-81-87(76,77)83-60-64(58-79-66(71)52-47-42-39-34-35-40-45-50-61(4)5)85-67(72)53-48-43-37-32-29-23-20-17-14-11-8-3/h61-64,69H,6-60H2,1-5H3,(H,74,75)(H,76,77)/t62-,63-,64-/m1/s1. The van der Waals surface area contributed by atoms with Gasteiger partial charge in [0.25, 0.3) is 0 Å². The second-order valence-electron chi connectivity index (χ2n) is 25.0. The minimum absolute atomic E-state index is 0.106. The highest BCUT2D eigenvalue weighted by Gasteiger charge is 2.30. The Morgan fingerprint density at radius 2 is 0.529 bits per heavy atom. The lowest BCUT2D eigenvalue weighted by molar-refractivity contribution is -0.161. The van der Waals surface area contributed by atoms with Gasteiger partial charge in [0.15, 0.2) is 12.2 Å². The maximum atomic E-state index is 13.0. The zero-order valence-electron chi connectivity index (χ0n) is 56.2. The first-order chi connectivity index (χ1) is 42.0. The van der Waals surface area contributed by atoms with Gasteiger partial charge in [-0.25, -0.2) is 9.13 Å². The predicted molar refractivity (Wildman–Crippen MR) is 349 cm³/mol. The van der Waals surface area contributed by atoms with Gasteiger partial charge in [0, 0.05) is 25.7 Å². The molecule has 3 N–H and O–H groups in total. The molecule has 516 valence electrons. The Labute approximate surface area is 530 Å². The maximum Gasteiger partial charge on any atom is 0.472 e. The summed E-state index contributed by atoms with van der Waals surface area (Å²) >= 11 is 0. The topological polar surface area (TPSA) is 237 Å².